The monoisotopic (exact) mass is 385 g/mol. The molecular formula is C20H23N3O3S. The molecule has 2 aromatic carbocycles. The molecule has 0 bridgehead atoms. The first-order valence-corrected chi connectivity index (χ1v) is 9.41. The molecule has 4 rings (SSSR count). The quantitative estimate of drug-likeness (QED) is 0.813. The normalized spacial score (nSPS) is 18.4. The Kier molecular flexibility index (Phi) is 4.94. The lowest BCUT2D eigenvalue weighted by atomic mass is 10.1. The van der Waals surface area contributed by atoms with E-state index in [1.807, 2.05) is 30.3 Å². The first kappa shape index (κ1) is 17.7. The van der Waals surface area contributed by atoms with Crippen LogP contribution < -0.4 is 24.4 Å². The van der Waals surface area contributed by atoms with Crippen LogP contribution in [-0.4, -0.2) is 49.6 Å². The molecule has 2 aliphatic rings. The third-order valence-electron chi connectivity index (χ3n) is 4.94. The van der Waals surface area contributed by atoms with Crippen LogP contribution in [0.3, 0.4) is 0 Å². The number of ether oxygens (including phenoxy) is 3. The molecule has 0 radical (unpaired) electrons. The predicted molar refractivity (Wildman–Crippen MR) is 110 cm³/mol. The zero-order chi connectivity index (χ0) is 18.8. The van der Waals surface area contributed by atoms with Crippen molar-refractivity contribution < 1.29 is 14.2 Å². The molecule has 0 aromatic heterocycles. The lowest BCUT2D eigenvalue weighted by Crippen LogP contribution is -2.54. The maximum Gasteiger partial charge on any atom is 0.231 e. The SMILES string of the molecule is COc1ccc(N2CCN(C(=S)Nc3ccc4c(c3)OCO4)CC2C)cc1. The maximum absolute atomic E-state index is 5.63. The summed E-state index contributed by atoms with van der Waals surface area (Å²) in [4.78, 5) is 4.61. The van der Waals surface area contributed by atoms with Crippen molar-refractivity contribution in [2.24, 2.45) is 0 Å². The Morgan fingerprint density at radius 2 is 1.89 bits per heavy atom. The van der Waals surface area contributed by atoms with Crippen molar-refractivity contribution in [1.82, 2.24) is 4.90 Å². The van der Waals surface area contributed by atoms with Gasteiger partial charge in [0.05, 0.1) is 7.11 Å². The number of anilines is 2. The average Bonchev–Trinajstić information content (AvgIpc) is 3.16. The molecule has 0 aliphatic carbocycles. The van der Waals surface area contributed by atoms with Gasteiger partial charge in [0.2, 0.25) is 6.79 Å². The van der Waals surface area contributed by atoms with Crippen molar-refractivity contribution in [3.8, 4) is 17.2 Å². The van der Waals surface area contributed by atoms with Crippen LogP contribution in [0, 0.1) is 0 Å². The molecule has 6 nitrogen and oxygen atoms in total. The van der Waals surface area contributed by atoms with Gasteiger partial charge in [0.25, 0.3) is 0 Å². The number of thiocarbonyl (C=S) groups is 1. The Hall–Kier alpha value is -2.67. The third-order valence-corrected chi connectivity index (χ3v) is 5.30. The standard InChI is InChI=1S/C20H23N3O3S/c1-14-12-22(9-10-23(14)16-4-6-17(24-2)7-5-16)20(27)21-15-3-8-18-19(11-15)26-13-25-18/h3-8,11,14H,9-10,12-13H2,1-2H3,(H,21,27). The minimum atomic E-state index is 0.272. The fourth-order valence-electron chi connectivity index (χ4n) is 3.48. The van der Waals surface area contributed by atoms with Crippen molar-refractivity contribution in [3.63, 3.8) is 0 Å². The van der Waals surface area contributed by atoms with Gasteiger partial charge < -0.3 is 29.3 Å². The largest absolute Gasteiger partial charge is 0.497 e. The second kappa shape index (κ2) is 7.52. The Morgan fingerprint density at radius 3 is 2.63 bits per heavy atom. The molecule has 1 atom stereocenters. The molecule has 142 valence electrons. The molecule has 27 heavy (non-hydrogen) atoms. The Bertz CT molecular complexity index is 828. The molecule has 0 saturated carbocycles. The number of rotatable bonds is 3. The number of hydrogen-bond acceptors (Lipinski definition) is 5. The molecule has 1 N–H and O–H groups in total. The highest BCUT2D eigenvalue weighted by Crippen LogP contribution is 2.34. The smallest absolute Gasteiger partial charge is 0.231 e. The van der Waals surface area contributed by atoms with Gasteiger partial charge in [-0.15, -0.1) is 0 Å². The summed E-state index contributed by atoms with van der Waals surface area (Å²) in [5.41, 5.74) is 2.12. The van der Waals surface area contributed by atoms with E-state index in [9.17, 15) is 0 Å². The number of hydrogen-bond donors (Lipinski definition) is 1. The topological polar surface area (TPSA) is 46.2 Å². The van der Waals surface area contributed by atoms with E-state index in [-0.39, 0.29) is 6.79 Å². The van der Waals surface area contributed by atoms with E-state index in [0.29, 0.717) is 6.04 Å². The van der Waals surface area contributed by atoms with Crippen molar-refractivity contribution in [3.05, 3.63) is 42.5 Å². The zero-order valence-electron chi connectivity index (χ0n) is 15.5. The van der Waals surface area contributed by atoms with E-state index in [1.165, 1.54) is 5.69 Å². The number of nitrogens with one attached hydrogen (secondary N) is 1. The molecule has 1 fully saturated rings. The highest BCUT2D eigenvalue weighted by Gasteiger charge is 2.25. The Morgan fingerprint density at radius 1 is 1.11 bits per heavy atom. The minimum absolute atomic E-state index is 0.272. The molecule has 2 aliphatic heterocycles. The molecule has 1 saturated heterocycles. The van der Waals surface area contributed by atoms with E-state index in [2.05, 4.69) is 34.2 Å². The first-order valence-electron chi connectivity index (χ1n) is 9.00. The predicted octanol–water partition coefficient (Wildman–Crippen LogP) is 3.33. The average molecular weight is 385 g/mol. The van der Waals surface area contributed by atoms with Gasteiger partial charge in [-0.3, -0.25) is 0 Å². The summed E-state index contributed by atoms with van der Waals surface area (Å²) in [6.45, 7) is 5.14. The van der Waals surface area contributed by atoms with Crippen molar-refractivity contribution in [2.45, 2.75) is 13.0 Å². The van der Waals surface area contributed by atoms with Gasteiger partial charge in [-0.2, -0.15) is 0 Å². The van der Waals surface area contributed by atoms with Crippen LogP contribution in [0.2, 0.25) is 0 Å². The van der Waals surface area contributed by atoms with Crippen molar-refractivity contribution >= 4 is 28.7 Å². The summed E-state index contributed by atoms with van der Waals surface area (Å²) in [7, 11) is 1.69. The molecule has 2 aromatic rings. The number of methoxy groups -OCH3 is 1. The maximum atomic E-state index is 5.63. The summed E-state index contributed by atoms with van der Waals surface area (Å²) in [5.74, 6) is 2.40. The van der Waals surface area contributed by atoms with Gasteiger partial charge in [0.15, 0.2) is 16.6 Å². The summed E-state index contributed by atoms with van der Waals surface area (Å²) in [6, 6.07) is 14.3. The fourth-order valence-corrected chi connectivity index (χ4v) is 3.76. The van der Waals surface area contributed by atoms with Crippen LogP contribution >= 0.6 is 12.2 Å². The van der Waals surface area contributed by atoms with E-state index in [0.717, 1.165) is 47.7 Å². The van der Waals surface area contributed by atoms with Gasteiger partial charge in [0, 0.05) is 43.1 Å². The van der Waals surface area contributed by atoms with Gasteiger partial charge >= 0.3 is 0 Å². The van der Waals surface area contributed by atoms with Crippen LogP contribution in [0.15, 0.2) is 42.5 Å². The Labute approximate surface area is 164 Å². The first-order chi connectivity index (χ1) is 13.1. The second-order valence-electron chi connectivity index (χ2n) is 6.68. The van der Waals surface area contributed by atoms with E-state index >= 15 is 0 Å². The van der Waals surface area contributed by atoms with Crippen LogP contribution in [0.5, 0.6) is 17.2 Å². The van der Waals surface area contributed by atoms with Gasteiger partial charge in [0.1, 0.15) is 5.75 Å². The number of piperazine rings is 1. The number of nitrogens with zero attached hydrogens (tertiary/aromatic N) is 2. The number of fused-ring (bicyclic) bond motifs is 1. The second-order valence-corrected chi connectivity index (χ2v) is 7.07. The third kappa shape index (κ3) is 3.73. The van der Waals surface area contributed by atoms with Gasteiger partial charge in [-0.1, -0.05) is 0 Å². The molecule has 7 heteroatoms. The summed E-state index contributed by atoms with van der Waals surface area (Å²) >= 11 is 5.63. The Balaban J connectivity index is 1.37. The van der Waals surface area contributed by atoms with Crippen LogP contribution in [-0.2, 0) is 0 Å². The summed E-state index contributed by atoms with van der Waals surface area (Å²) in [6.07, 6.45) is 0. The lowest BCUT2D eigenvalue weighted by Gasteiger charge is -2.42. The molecule has 0 spiro atoms. The van der Waals surface area contributed by atoms with Crippen LogP contribution in [0.25, 0.3) is 0 Å². The molecule has 2 heterocycles. The van der Waals surface area contributed by atoms with E-state index in [1.54, 1.807) is 7.11 Å². The van der Waals surface area contributed by atoms with Gasteiger partial charge in [-0.25, -0.2) is 0 Å². The van der Waals surface area contributed by atoms with E-state index in [4.69, 9.17) is 26.4 Å². The van der Waals surface area contributed by atoms with Crippen LogP contribution in [0.4, 0.5) is 11.4 Å². The number of benzene rings is 2. The zero-order valence-corrected chi connectivity index (χ0v) is 16.3. The van der Waals surface area contributed by atoms with E-state index < -0.39 is 0 Å². The molecule has 1 unspecified atom stereocenters. The van der Waals surface area contributed by atoms with Crippen molar-refractivity contribution in [1.29, 1.82) is 0 Å². The summed E-state index contributed by atoms with van der Waals surface area (Å²) < 4.78 is 16.0. The minimum Gasteiger partial charge on any atom is -0.497 e. The van der Waals surface area contributed by atoms with Crippen molar-refractivity contribution in [2.75, 3.05) is 43.8 Å². The van der Waals surface area contributed by atoms with Crippen LogP contribution in [0.1, 0.15) is 6.92 Å². The highest BCUT2D eigenvalue weighted by atomic mass is 32.1. The summed E-state index contributed by atoms with van der Waals surface area (Å²) in [5, 5.41) is 4.05. The highest BCUT2D eigenvalue weighted by molar-refractivity contribution is 7.80. The fraction of sp³-hybridized carbons (Fsp3) is 0.350. The molecular weight excluding hydrogens is 362 g/mol. The molecule has 0 amide bonds. The van der Waals surface area contributed by atoms with Gasteiger partial charge in [-0.05, 0) is 55.5 Å². The lowest BCUT2D eigenvalue weighted by molar-refractivity contribution is 0.174.